The summed E-state index contributed by atoms with van der Waals surface area (Å²) >= 11 is 0. The van der Waals surface area contributed by atoms with Gasteiger partial charge in [-0.3, -0.25) is 4.79 Å². The van der Waals surface area contributed by atoms with Crippen molar-refractivity contribution < 1.29 is 4.79 Å². The van der Waals surface area contributed by atoms with Crippen molar-refractivity contribution in [1.82, 2.24) is 10.2 Å². The lowest BCUT2D eigenvalue weighted by Crippen LogP contribution is -2.48. The van der Waals surface area contributed by atoms with Crippen LogP contribution >= 0.6 is 0 Å². The van der Waals surface area contributed by atoms with Crippen molar-refractivity contribution in [2.45, 2.75) is 39.2 Å². The molecule has 110 valence electrons. The summed E-state index contributed by atoms with van der Waals surface area (Å²) in [5.74, 6) is 0.739. The largest absolute Gasteiger partial charge is 0.352 e. The minimum Gasteiger partial charge on any atom is -0.352 e. The number of carbonyl (C=O) groups is 1. The van der Waals surface area contributed by atoms with Crippen LogP contribution in [0.2, 0.25) is 0 Å². The van der Waals surface area contributed by atoms with Gasteiger partial charge in [-0.15, -0.1) is 0 Å². The van der Waals surface area contributed by atoms with Crippen LogP contribution in [0.15, 0.2) is 30.3 Å². The summed E-state index contributed by atoms with van der Waals surface area (Å²) in [7, 11) is 0. The first kappa shape index (κ1) is 15.0. The summed E-state index contributed by atoms with van der Waals surface area (Å²) < 4.78 is 0. The van der Waals surface area contributed by atoms with Crippen LogP contribution in [0.25, 0.3) is 0 Å². The molecule has 1 heterocycles. The average molecular weight is 274 g/mol. The molecule has 1 saturated heterocycles. The quantitative estimate of drug-likeness (QED) is 0.894. The highest BCUT2D eigenvalue weighted by molar-refractivity contribution is 5.73. The Labute approximate surface area is 122 Å². The van der Waals surface area contributed by atoms with Crippen LogP contribution in [-0.2, 0) is 11.2 Å². The fraction of sp³-hybridized carbons (Fsp3) is 0.588. The van der Waals surface area contributed by atoms with E-state index in [-0.39, 0.29) is 5.91 Å². The molecular weight excluding hydrogens is 248 g/mol. The van der Waals surface area contributed by atoms with E-state index in [1.807, 2.05) is 0 Å². The lowest BCUT2D eigenvalue weighted by Gasteiger charge is -2.34. The lowest BCUT2D eigenvalue weighted by molar-refractivity contribution is -0.120. The van der Waals surface area contributed by atoms with E-state index in [1.54, 1.807) is 6.92 Å². The molecule has 1 aliphatic rings. The Bertz CT molecular complexity index is 418. The zero-order valence-corrected chi connectivity index (χ0v) is 12.6. The summed E-state index contributed by atoms with van der Waals surface area (Å²) in [6.07, 6.45) is 3.42. The monoisotopic (exact) mass is 274 g/mol. The van der Waals surface area contributed by atoms with E-state index in [0.717, 1.165) is 32.5 Å². The number of hydrogen-bond acceptors (Lipinski definition) is 2. The van der Waals surface area contributed by atoms with Crippen molar-refractivity contribution in [2.75, 3.05) is 19.6 Å². The molecule has 0 saturated carbocycles. The topological polar surface area (TPSA) is 32.3 Å². The van der Waals surface area contributed by atoms with Crippen LogP contribution in [0.5, 0.6) is 0 Å². The van der Waals surface area contributed by atoms with Gasteiger partial charge in [-0.1, -0.05) is 37.3 Å². The highest BCUT2D eigenvalue weighted by Gasteiger charge is 2.21. The second-order valence-corrected chi connectivity index (χ2v) is 6.09. The van der Waals surface area contributed by atoms with Crippen molar-refractivity contribution in [1.29, 1.82) is 0 Å². The van der Waals surface area contributed by atoms with E-state index in [4.69, 9.17) is 0 Å². The van der Waals surface area contributed by atoms with E-state index < -0.39 is 0 Å². The molecule has 1 aromatic rings. The zero-order valence-electron chi connectivity index (χ0n) is 12.6. The maximum Gasteiger partial charge on any atom is 0.217 e. The van der Waals surface area contributed by atoms with Crippen molar-refractivity contribution in [3.63, 3.8) is 0 Å². The Morgan fingerprint density at radius 3 is 2.85 bits per heavy atom. The molecule has 0 aromatic heterocycles. The number of likely N-dealkylation sites (tertiary alicyclic amines) is 1. The van der Waals surface area contributed by atoms with Gasteiger partial charge in [0.25, 0.3) is 0 Å². The molecule has 2 atom stereocenters. The molecule has 0 radical (unpaired) electrons. The summed E-state index contributed by atoms with van der Waals surface area (Å²) in [5, 5.41) is 3.05. The van der Waals surface area contributed by atoms with Gasteiger partial charge in [0.15, 0.2) is 0 Å². The van der Waals surface area contributed by atoms with Crippen LogP contribution in [0.1, 0.15) is 32.3 Å². The molecule has 0 bridgehead atoms. The van der Waals surface area contributed by atoms with Gasteiger partial charge in [-0.2, -0.15) is 0 Å². The number of amides is 1. The summed E-state index contributed by atoms with van der Waals surface area (Å²) in [5.41, 5.74) is 1.41. The molecule has 0 spiro atoms. The van der Waals surface area contributed by atoms with E-state index in [0.29, 0.717) is 12.0 Å². The normalized spacial score (nSPS) is 21.4. The average Bonchev–Trinajstić information content (AvgIpc) is 2.39. The highest BCUT2D eigenvalue weighted by atomic mass is 16.1. The molecule has 1 fully saturated rings. The number of hydrogen-bond donors (Lipinski definition) is 1. The number of rotatable bonds is 5. The second-order valence-electron chi connectivity index (χ2n) is 6.09. The van der Waals surface area contributed by atoms with Gasteiger partial charge in [0.05, 0.1) is 0 Å². The molecule has 1 aliphatic heterocycles. The van der Waals surface area contributed by atoms with E-state index in [2.05, 4.69) is 47.5 Å². The molecule has 3 heteroatoms. The molecule has 0 aliphatic carbocycles. The van der Waals surface area contributed by atoms with Crippen LogP contribution in [0.4, 0.5) is 0 Å². The maximum atomic E-state index is 11.2. The maximum absolute atomic E-state index is 11.2. The molecule has 0 unspecified atom stereocenters. The molecule has 1 amide bonds. The first-order valence-corrected chi connectivity index (χ1v) is 7.67. The fourth-order valence-electron chi connectivity index (χ4n) is 3.15. The molecule has 1 N–H and O–H groups in total. The second kappa shape index (κ2) is 7.44. The van der Waals surface area contributed by atoms with Gasteiger partial charge >= 0.3 is 0 Å². The minimum absolute atomic E-state index is 0.0918. The highest BCUT2D eigenvalue weighted by Crippen LogP contribution is 2.15. The number of benzene rings is 1. The summed E-state index contributed by atoms with van der Waals surface area (Å²) in [4.78, 5) is 13.7. The lowest BCUT2D eigenvalue weighted by atomic mass is 9.98. The molecule has 2 rings (SSSR count). The molecule has 1 aromatic carbocycles. The standard InChI is InChI=1S/C17H26N2O/c1-14(11-16-7-4-3-5-8-16)12-19-10-6-9-17(13-19)18-15(2)20/h3-5,7-8,14,17H,6,9-13H2,1-2H3,(H,18,20)/t14-,17-/m1/s1. The Morgan fingerprint density at radius 2 is 2.15 bits per heavy atom. The Morgan fingerprint density at radius 1 is 1.40 bits per heavy atom. The third-order valence-corrected chi connectivity index (χ3v) is 3.91. The first-order chi connectivity index (χ1) is 9.63. The SMILES string of the molecule is CC(=O)N[C@@H]1CCCN(C[C@H](C)Cc2ccccc2)C1. The van der Waals surface area contributed by atoms with Crippen LogP contribution in [0.3, 0.4) is 0 Å². The minimum atomic E-state index is 0.0918. The van der Waals surface area contributed by atoms with Crippen molar-refractivity contribution in [3.05, 3.63) is 35.9 Å². The van der Waals surface area contributed by atoms with Gasteiger partial charge in [0, 0.05) is 26.1 Å². The molecular formula is C17H26N2O. The Balaban J connectivity index is 1.78. The zero-order chi connectivity index (χ0) is 14.4. The van der Waals surface area contributed by atoms with Gasteiger partial charge in [-0.05, 0) is 37.3 Å². The van der Waals surface area contributed by atoms with Gasteiger partial charge in [0.1, 0.15) is 0 Å². The number of nitrogens with one attached hydrogen (secondary N) is 1. The van der Waals surface area contributed by atoms with Crippen molar-refractivity contribution >= 4 is 5.91 Å². The summed E-state index contributed by atoms with van der Waals surface area (Å²) in [6, 6.07) is 11.0. The van der Waals surface area contributed by atoms with E-state index in [9.17, 15) is 4.79 Å². The van der Waals surface area contributed by atoms with Crippen LogP contribution < -0.4 is 5.32 Å². The molecule has 20 heavy (non-hydrogen) atoms. The van der Waals surface area contributed by atoms with Gasteiger partial charge < -0.3 is 10.2 Å². The smallest absolute Gasteiger partial charge is 0.217 e. The fourth-order valence-corrected chi connectivity index (χ4v) is 3.15. The first-order valence-electron chi connectivity index (χ1n) is 7.67. The summed E-state index contributed by atoms with van der Waals surface area (Å²) in [6.45, 7) is 7.20. The third-order valence-electron chi connectivity index (χ3n) is 3.91. The predicted molar refractivity (Wildman–Crippen MR) is 82.6 cm³/mol. The number of carbonyl (C=O) groups excluding carboxylic acids is 1. The number of piperidine rings is 1. The predicted octanol–water partition coefficient (Wildman–Crippen LogP) is 2.47. The van der Waals surface area contributed by atoms with Gasteiger partial charge in [-0.25, -0.2) is 0 Å². The van der Waals surface area contributed by atoms with Crippen molar-refractivity contribution in [2.24, 2.45) is 5.92 Å². The van der Waals surface area contributed by atoms with E-state index >= 15 is 0 Å². The molecule has 3 nitrogen and oxygen atoms in total. The van der Waals surface area contributed by atoms with Crippen LogP contribution in [0, 0.1) is 5.92 Å². The van der Waals surface area contributed by atoms with E-state index in [1.165, 1.54) is 12.0 Å². The van der Waals surface area contributed by atoms with Crippen molar-refractivity contribution in [3.8, 4) is 0 Å². The third kappa shape index (κ3) is 4.97. The van der Waals surface area contributed by atoms with Crippen LogP contribution in [-0.4, -0.2) is 36.5 Å². The van der Waals surface area contributed by atoms with Gasteiger partial charge in [0.2, 0.25) is 5.91 Å². The number of nitrogens with zero attached hydrogens (tertiary/aromatic N) is 1. The Kier molecular flexibility index (Phi) is 5.60. The Hall–Kier alpha value is -1.35.